The van der Waals surface area contributed by atoms with Crippen LogP contribution in [0.3, 0.4) is 0 Å². The van der Waals surface area contributed by atoms with Crippen LogP contribution in [0.2, 0.25) is 0 Å². The van der Waals surface area contributed by atoms with Gasteiger partial charge in [0.25, 0.3) is 0 Å². The second-order valence-electron chi connectivity index (χ2n) is 6.08. The summed E-state index contributed by atoms with van der Waals surface area (Å²) in [4.78, 5) is 4.24. The molecule has 1 aromatic rings. The largest absolute Gasteiger partial charge is 0.494 e. The number of nitrogens with one attached hydrogen (secondary N) is 1. The van der Waals surface area contributed by atoms with Crippen molar-refractivity contribution in [3.63, 3.8) is 0 Å². The van der Waals surface area contributed by atoms with Crippen LogP contribution in [0.15, 0.2) is 23.2 Å². The predicted octanol–water partition coefficient (Wildman–Crippen LogP) is 3.38. The van der Waals surface area contributed by atoms with Crippen LogP contribution < -0.4 is 20.5 Å². The van der Waals surface area contributed by atoms with Crippen LogP contribution in [0.5, 0.6) is 11.5 Å². The molecule has 0 bridgehead atoms. The van der Waals surface area contributed by atoms with Gasteiger partial charge in [-0.3, -0.25) is 9.20 Å². The van der Waals surface area contributed by atoms with Crippen LogP contribution in [-0.2, 0) is 10.8 Å². The third-order valence-electron chi connectivity index (χ3n) is 3.07. The molecule has 0 aliphatic carbocycles. The number of nitrogens with two attached hydrogens (primary N) is 1. The van der Waals surface area contributed by atoms with Crippen molar-refractivity contribution in [2.75, 3.05) is 30.8 Å². The van der Waals surface area contributed by atoms with E-state index in [9.17, 15) is 4.21 Å². The highest BCUT2D eigenvalue weighted by Crippen LogP contribution is 2.29. The Morgan fingerprint density at radius 1 is 1.24 bits per heavy atom. The molecule has 0 spiro atoms. The summed E-state index contributed by atoms with van der Waals surface area (Å²) < 4.78 is 22.8. The second kappa shape index (κ2) is 11.6. The summed E-state index contributed by atoms with van der Waals surface area (Å²) >= 11 is 0. The van der Waals surface area contributed by atoms with Crippen LogP contribution in [0.1, 0.15) is 34.6 Å². The van der Waals surface area contributed by atoms with Crippen molar-refractivity contribution in [2.24, 2.45) is 10.7 Å². The molecular weight excluding hydrogens is 453 g/mol. The van der Waals surface area contributed by atoms with Crippen LogP contribution in [0, 0.1) is 0 Å². The van der Waals surface area contributed by atoms with Gasteiger partial charge in [0.15, 0.2) is 5.96 Å². The molecule has 0 aromatic heterocycles. The molecule has 0 aliphatic heterocycles. The zero-order valence-electron chi connectivity index (χ0n) is 15.6. The molecule has 1 atom stereocenters. The van der Waals surface area contributed by atoms with Crippen LogP contribution in [-0.4, -0.2) is 40.4 Å². The van der Waals surface area contributed by atoms with Crippen molar-refractivity contribution >= 4 is 46.4 Å². The van der Waals surface area contributed by atoms with Crippen molar-refractivity contribution in [1.82, 2.24) is 0 Å². The maximum atomic E-state index is 12.0. The first-order chi connectivity index (χ1) is 11.3. The Hall–Kier alpha value is -1.03. The molecule has 1 aromatic carbocycles. The van der Waals surface area contributed by atoms with Gasteiger partial charge in [0, 0.05) is 27.4 Å². The van der Waals surface area contributed by atoms with Crippen LogP contribution in [0.25, 0.3) is 0 Å². The van der Waals surface area contributed by atoms with Gasteiger partial charge in [0.2, 0.25) is 0 Å². The minimum absolute atomic E-state index is 0. The minimum Gasteiger partial charge on any atom is -0.494 e. The molecule has 0 amide bonds. The first-order valence-electron chi connectivity index (χ1n) is 8.13. The Labute approximate surface area is 170 Å². The lowest BCUT2D eigenvalue weighted by Gasteiger charge is -2.17. The Kier molecular flexibility index (Phi) is 11.1. The van der Waals surface area contributed by atoms with Gasteiger partial charge in [-0.2, -0.15) is 0 Å². The quantitative estimate of drug-likeness (QED) is 0.337. The van der Waals surface area contributed by atoms with Gasteiger partial charge in [-0.15, -0.1) is 24.0 Å². The maximum Gasteiger partial charge on any atom is 0.193 e. The van der Waals surface area contributed by atoms with E-state index in [4.69, 9.17) is 15.2 Å². The molecule has 6 nitrogen and oxygen atoms in total. The van der Waals surface area contributed by atoms with Gasteiger partial charge < -0.3 is 20.5 Å². The standard InChI is InChI=1S/C17H29N3O3S.HI/c1-6-22-13-8-9-15(23-7-2)14(12-13)20-16(18)19-10-11-24(21)17(3,4)5;/h8-9,12H,6-7,10-11H2,1-5H3,(H3,18,19,20);1H. The SMILES string of the molecule is CCOc1ccc(OCC)c(NC(N)=NCCS(=O)C(C)(C)C)c1.I. The smallest absolute Gasteiger partial charge is 0.193 e. The fourth-order valence-corrected chi connectivity index (χ4v) is 2.75. The van der Waals surface area contributed by atoms with Crippen molar-refractivity contribution in [3.8, 4) is 11.5 Å². The van der Waals surface area contributed by atoms with Gasteiger partial charge >= 0.3 is 0 Å². The molecule has 1 unspecified atom stereocenters. The van der Waals surface area contributed by atoms with Gasteiger partial charge in [-0.05, 0) is 46.8 Å². The number of guanidine groups is 1. The van der Waals surface area contributed by atoms with Crippen molar-refractivity contribution in [3.05, 3.63) is 18.2 Å². The van der Waals surface area contributed by atoms with E-state index in [2.05, 4.69) is 10.3 Å². The second-order valence-corrected chi connectivity index (χ2v) is 8.40. The van der Waals surface area contributed by atoms with Crippen LogP contribution >= 0.6 is 24.0 Å². The van der Waals surface area contributed by atoms with E-state index in [0.717, 1.165) is 5.75 Å². The number of ether oxygens (including phenoxy) is 2. The number of aliphatic imine (C=N–C) groups is 1. The molecule has 0 fully saturated rings. The highest BCUT2D eigenvalue weighted by Gasteiger charge is 2.18. The van der Waals surface area contributed by atoms with Crippen molar-refractivity contribution in [1.29, 1.82) is 0 Å². The fourth-order valence-electron chi connectivity index (χ4n) is 1.88. The first-order valence-corrected chi connectivity index (χ1v) is 9.44. The van der Waals surface area contributed by atoms with Gasteiger partial charge in [0.05, 0.1) is 25.4 Å². The van der Waals surface area contributed by atoms with Gasteiger partial charge in [-0.25, -0.2) is 0 Å². The summed E-state index contributed by atoms with van der Waals surface area (Å²) in [6.45, 7) is 11.2. The van der Waals surface area contributed by atoms with Gasteiger partial charge in [-0.1, -0.05) is 0 Å². The number of anilines is 1. The predicted molar refractivity (Wildman–Crippen MR) is 117 cm³/mol. The molecule has 144 valence electrons. The zero-order chi connectivity index (χ0) is 18.2. The molecule has 0 aliphatic rings. The van der Waals surface area contributed by atoms with E-state index < -0.39 is 10.8 Å². The topological polar surface area (TPSA) is 85.9 Å². The summed E-state index contributed by atoms with van der Waals surface area (Å²) in [5.74, 6) is 2.14. The molecule has 1 rings (SSSR count). The third-order valence-corrected chi connectivity index (χ3v) is 4.99. The molecular formula is C17H30IN3O3S. The minimum atomic E-state index is -0.949. The Bertz CT molecular complexity index is 589. The van der Waals surface area contributed by atoms with E-state index in [1.807, 2.05) is 52.8 Å². The third kappa shape index (κ3) is 8.75. The van der Waals surface area contributed by atoms with Crippen molar-refractivity contribution in [2.45, 2.75) is 39.4 Å². The molecule has 8 heteroatoms. The van der Waals surface area contributed by atoms with Crippen LogP contribution in [0.4, 0.5) is 5.69 Å². The molecule has 0 saturated carbocycles. The summed E-state index contributed by atoms with van der Waals surface area (Å²) in [5.41, 5.74) is 6.63. The average molecular weight is 483 g/mol. The Morgan fingerprint density at radius 2 is 1.88 bits per heavy atom. The molecule has 0 radical (unpaired) electrons. The highest BCUT2D eigenvalue weighted by molar-refractivity contribution is 14.0. The number of hydrogen-bond acceptors (Lipinski definition) is 4. The molecule has 3 N–H and O–H groups in total. The lowest BCUT2D eigenvalue weighted by molar-refractivity contribution is 0.332. The fraction of sp³-hybridized carbons (Fsp3) is 0.588. The lowest BCUT2D eigenvalue weighted by atomic mass is 10.2. The number of nitrogens with zero attached hydrogens (tertiary/aromatic N) is 1. The number of benzene rings is 1. The molecule has 25 heavy (non-hydrogen) atoms. The van der Waals surface area contributed by atoms with E-state index in [-0.39, 0.29) is 34.7 Å². The Balaban J connectivity index is 0.00000576. The summed E-state index contributed by atoms with van der Waals surface area (Å²) in [5, 5.41) is 3.03. The number of halogens is 1. The van der Waals surface area contributed by atoms with E-state index in [1.54, 1.807) is 0 Å². The average Bonchev–Trinajstić information content (AvgIpc) is 2.49. The van der Waals surface area contributed by atoms with Crippen molar-refractivity contribution < 1.29 is 13.7 Å². The zero-order valence-corrected chi connectivity index (χ0v) is 18.8. The number of rotatable bonds is 8. The summed E-state index contributed by atoms with van der Waals surface area (Å²) in [7, 11) is -0.949. The van der Waals surface area contributed by atoms with E-state index >= 15 is 0 Å². The summed E-state index contributed by atoms with van der Waals surface area (Å²) in [6.07, 6.45) is 0. The Morgan fingerprint density at radius 3 is 2.44 bits per heavy atom. The number of hydrogen-bond donors (Lipinski definition) is 2. The highest BCUT2D eigenvalue weighted by atomic mass is 127. The maximum absolute atomic E-state index is 12.0. The molecule has 0 saturated heterocycles. The lowest BCUT2D eigenvalue weighted by Crippen LogP contribution is -2.27. The summed E-state index contributed by atoms with van der Waals surface area (Å²) in [6, 6.07) is 5.50. The normalized spacial score (nSPS) is 12.9. The van der Waals surface area contributed by atoms with Gasteiger partial charge in [0.1, 0.15) is 11.5 Å². The molecule has 0 heterocycles. The first kappa shape index (κ1) is 24.0. The monoisotopic (exact) mass is 483 g/mol. The van der Waals surface area contributed by atoms with E-state index in [0.29, 0.717) is 36.9 Å². The van der Waals surface area contributed by atoms with E-state index in [1.165, 1.54) is 0 Å².